The second-order valence-corrected chi connectivity index (χ2v) is 11.6. The van der Waals surface area contributed by atoms with Crippen LogP contribution in [-0.4, -0.2) is 30.1 Å². The summed E-state index contributed by atoms with van der Waals surface area (Å²) in [5, 5.41) is 8.40. The summed E-state index contributed by atoms with van der Waals surface area (Å²) in [6.07, 6.45) is 7.75. The number of piperidine rings is 1. The number of hydrogen-bond donors (Lipinski definition) is 1. The van der Waals surface area contributed by atoms with Gasteiger partial charge in [0.15, 0.2) is 0 Å². The van der Waals surface area contributed by atoms with E-state index in [9.17, 15) is 8.78 Å². The molecule has 2 nitrogen and oxygen atoms in total. The fraction of sp³-hybridized carbons (Fsp3) is 0.571. The van der Waals surface area contributed by atoms with E-state index >= 15 is 0 Å². The van der Waals surface area contributed by atoms with Crippen LogP contribution in [0.3, 0.4) is 0 Å². The second kappa shape index (κ2) is 15.9. The van der Waals surface area contributed by atoms with Crippen LogP contribution >= 0.6 is 0 Å². The van der Waals surface area contributed by atoms with Gasteiger partial charge in [-0.05, 0) is 104 Å². The van der Waals surface area contributed by atoms with Gasteiger partial charge >= 0.3 is 0 Å². The summed E-state index contributed by atoms with van der Waals surface area (Å²) < 4.78 is 28.2. The number of aryl methyl sites for hydroxylation is 1. The van der Waals surface area contributed by atoms with Crippen LogP contribution in [0.25, 0.3) is 5.57 Å². The zero-order chi connectivity index (χ0) is 29.1. The first-order valence-corrected chi connectivity index (χ1v) is 15.0. The van der Waals surface area contributed by atoms with E-state index in [-0.39, 0.29) is 6.42 Å². The van der Waals surface area contributed by atoms with Crippen LogP contribution in [0, 0.1) is 18.3 Å². The molecule has 216 valence electrons. The van der Waals surface area contributed by atoms with E-state index in [4.69, 9.17) is 5.41 Å². The van der Waals surface area contributed by atoms with Gasteiger partial charge in [-0.15, -0.1) is 0 Å². The zero-order valence-corrected chi connectivity index (χ0v) is 25.6. The van der Waals surface area contributed by atoms with E-state index in [1.54, 1.807) is 0 Å². The quantitative estimate of drug-likeness (QED) is 0.185. The molecular weight excluding hydrogens is 486 g/mol. The lowest BCUT2D eigenvalue weighted by molar-refractivity contribution is 0.155. The molecule has 1 saturated heterocycles. The van der Waals surface area contributed by atoms with Crippen molar-refractivity contribution in [3.63, 3.8) is 0 Å². The number of rotatable bonds is 14. The Bertz CT molecular complexity index is 1070. The molecule has 0 radical (unpaired) electrons. The summed E-state index contributed by atoms with van der Waals surface area (Å²) in [4.78, 5) is 2.43. The topological polar surface area (TPSA) is 27.1 Å². The number of benzene rings is 1. The summed E-state index contributed by atoms with van der Waals surface area (Å²) in [5.41, 5.74) is 8.72. The van der Waals surface area contributed by atoms with Crippen LogP contribution in [0.1, 0.15) is 116 Å². The normalized spacial score (nSPS) is 16.2. The first-order valence-electron chi connectivity index (χ1n) is 15.0. The van der Waals surface area contributed by atoms with Crippen molar-refractivity contribution in [2.75, 3.05) is 13.1 Å². The van der Waals surface area contributed by atoms with Crippen LogP contribution in [0.15, 0.2) is 59.3 Å². The third-order valence-corrected chi connectivity index (χ3v) is 7.87. The Morgan fingerprint density at radius 3 is 2.28 bits per heavy atom. The highest BCUT2D eigenvalue weighted by Gasteiger charge is 2.24. The number of nitrogens with one attached hydrogen (secondary N) is 1. The third kappa shape index (κ3) is 9.58. The van der Waals surface area contributed by atoms with Crippen LogP contribution in [0.4, 0.5) is 8.78 Å². The molecule has 1 fully saturated rings. The predicted octanol–water partition coefficient (Wildman–Crippen LogP) is 10.7. The molecule has 0 amide bonds. The molecule has 0 bridgehead atoms. The average molecular weight is 539 g/mol. The molecular formula is C35H52F2N2. The molecule has 2 rings (SSSR count). The lowest BCUT2D eigenvalue weighted by Gasteiger charge is -2.36. The number of likely N-dealkylation sites (tertiary alicyclic amines) is 1. The van der Waals surface area contributed by atoms with Gasteiger partial charge in [-0.2, -0.15) is 0 Å². The standard InChI is InChI=1S/C35H52F2N2/c1-9-12-31(28(11-3)21-26(7)34(38)13-10-2)33(23-35(36)37)32-22-30(15-14-25(32)6)29-16-18-39(19-17-29)27(8)20-24(4)5/h11,14-15,21-22,24,29,35,38H,8-10,12-13,16-20,23H2,1-7H3/b26-21-,28-11+,33-31+,38-34?. The summed E-state index contributed by atoms with van der Waals surface area (Å²) in [7, 11) is 0. The number of hydrogen-bond acceptors (Lipinski definition) is 2. The van der Waals surface area contributed by atoms with Crippen LogP contribution in [-0.2, 0) is 0 Å². The molecule has 0 spiro atoms. The predicted molar refractivity (Wildman–Crippen MR) is 166 cm³/mol. The summed E-state index contributed by atoms with van der Waals surface area (Å²) in [5.74, 6) is 1.03. The minimum absolute atomic E-state index is 0.260. The highest BCUT2D eigenvalue weighted by atomic mass is 19.3. The number of nitrogens with zero attached hydrogens (tertiary/aromatic N) is 1. The Hall–Kier alpha value is -2.49. The van der Waals surface area contributed by atoms with Crippen molar-refractivity contribution in [3.05, 3.63) is 76.0 Å². The number of halogens is 2. The molecule has 1 heterocycles. The van der Waals surface area contributed by atoms with Crippen molar-refractivity contribution in [2.45, 2.75) is 112 Å². The van der Waals surface area contributed by atoms with E-state index in [1.807, 2.05) is 32.9 Å². The van der Waals surface area contributed by atoms with E-state index in [1.165, 1.54) is 11.3 Å². The fourth-order valence-electron chi connectivity index (χ4n) is 5.73. The van der Waals surface area contributed by atoms with Crippen LogP contribution in [0.5, 0.6) is 0 Å². The van der Waals surface area contributed by atoms with Crippen LogP contribution in [0.2, 0.25) is 0 Å². The molecule has 0 atom stereocenters. The molecule has 0 unspecified atom stereocenters. The molecule has 0 aromatic heterocycles. The smallest absolute Gasteiger partial charge is 0.242 e. The van der Waals surface area contributed by atoms with E-state index in [2.05, 4.69) is 57.4 Å². The summed E-state index contributed by atoms with van der Waals surface area (Å²) in [6.45, 7) is 20.9. The molecule has 4 heteroatoms. The van der Waals surface area contributed by atoms with Crippen molar-refractivity contribution in [1.82, 2.24) is 4.90 Å². The minimum Gasteiger partial charge on any atom is -0.375 e. The molecule has 1 aliphatic rings. The molecule has 39 heavy (non-hydrogen) atoms. The maximum absolute atomic E-state index is 14.1. The van der Waals surface area contributed by atoms with Crippen molar-refractivity contribution >= 4 is 11.3 Å². The maximum Gasteiger partial charge on any atom is 0.242 e. The van der Waals surface area contributed by atoms with Gasteiger partial charge in [0.25, 0.3) is 0 Å². The Morgan fingerprint density at radius 2 is 1.74 bits per heavy atom. The first-order chi connectivity index (χ1) is 18.5. The fourth-order valence-corrected chi connectivity index (χ4v) is 5.73. The van der Waals surface area contributed by atoms with Gasteiger partial charge < -0.3 is 10.3 Å². The summed E-state index contributed by atoms with van der Waals surface area (Å²) >= 11 is 0. The van der Waals surface area contributed by atoms with Gasteiger partial charge in [0.2, 0.25) is 6.43 Å². The lowest BCUT2D eigenvalue weighted by Crippen LogP contribution is -2.32. The molecule has 0 aliphatic carbocycles. The first kappa shape index (κ1) is 32.7. The van der Waals surface area contributed by atoms with Gasteiger partial charge in [0, 0.05) is 30.9 Å². The van der Waals surface area contributed by atoms with Gasteiger partial charge in [0.05, 0.1) is 0 Å². The monoisotopic (exact) mass is 538 g/mol. The van der Waals surface area contributed by atoms with Crippen molar-refractivity contribution in [1.29, 1.82) is 5.41 Å². The highest BCUT2D eigenvalue weighted by molar-refractivity contribution is 5.97. The van der Waals surface area contributed by atoms with Gasteiger partial charge in [-0.1, -0.05) is 77.5 Å². The van der Waals surface area contributed by atoms with E-state index in [0.29, 0.717) is 17.5 Å². The number of alkyl halides is 2. The van der Waals surface area contributed by atoms with Crippen molar-refractivity contribution < 1.29 is 8.78 Å². The van der Waals surface area contributed by atoms with Gasteiger partial charge in [0.1, 0.15) is 0 Å². The minimum atomic E-state index is -2.42. The molecule has 1 aliphatic heterocycles. The zero-order valence-electron chi connectivity index (χ0n) is 25.6. The lowest BCUT2D eigenvalue weighted by atomic mass is 9.83. The van der Waals surface area contributed by atoms with Crippen molar-refractivity contribution in [2.24, 2.45) is 5.92 Å². The van der Waals surface area contributed by atoms with E-state index < -0.39 is 6.43 Å². The van der Waals surface area contributed by atoms with Gasteiger partial charge in [-0.25, -0.2) is 8.78 Å². The number of allylic oxidation sites excluding steroid dienone is 7. The Kier molecular flexibility index (Phi) is 13.4. The molecule has 1 aromatic carbocycles. The van der Waals surface area contributed by atoms with Gasteiger partial charge in [-0.3, -0.25) is 0 Å². The van der Waals surface area contributed by atoms with Crippen molar-refractivity contribution in [3.8, 4) is 0 Å². The maximum atomic E-state index is 14.1. The summed E-state index contributed by atoms with van der Waals surface area (Å²) in [6, 6.07) is 6.53. The third-order valence-electron chi connectivity index (χ3n) is 7.87. The SMILES string of the molecule is C=C(CC(C)C)N1CCC(c2ccc(C)c(/C(CC(F)F)=C(CCC)/C(/C=C(/C)C(=N)CCC)=C/C)c2)CC1. The average Bonchev–Trinajstić information content (AvgIpc) is 2.89. The van der Waals surface area contributed by atoms with E-state index in [0.717, 1.165) is 91.5 Å². The Balaban J connectivity index is 2.51. The molecule has 0 saturated carbocycles. The molecule has 1 aromatic rings. The Morgan fingerprint density at radius 1 is 1.10 bits per heavy atom. The largest absolute Gasteiger partial charge is 0.375 e. The molecule has 1 N–H and O–H groups in total. The second-order valence-electron chi connectivity index (χ2n) is 11.6. The van der Waals surface area contributed by atoms with Crippen LogP contribution < -0.4 is 0 Å². The Labute approximate surface area is 237 Å². The highest BCUT2D eigenvalue weighted by Crippen LogP contribution is 2.38.